The summed E-state index contributed by atoms with van der Waals surface area (Å²) in [5.74, 6) is -1.07. The third-order valence-electron chi connectivity index (χ3n) is 2.11. The van der Waals surface area contributed by atoms with Crippen LogP contribution in [0, 0.1) is 0 Å². The zero-order valence-corrected chi connectivity index (χ0v) is 10.1. The molecule has 0 amide bonds. The van der Waals surface area contributed by atoms with Gasteiger partial charge in [-0.15, -0.1) is 16.4 Å². The highest BCUT2D eigenvalue weighted by atomic mass is 32.1. The van der Waals surface area contributed by atoms with Gasteiger partial charge in [-0.2, -0.15) is 0 Å². The lowest BCUT2D eigenvalue weighted by Crippen LogP contribution is -2.04. The van der Waals surface area contributed by atoms with Crippen LogP contribution in [0.3, 0.4) is 0 Å². The number of hydrogen-bond acceptors (Lipinski definition) is 4. The smallest absolute Gasteiger partial charge is 0.358 e. The first-order valence-corrected chi connectivity index (χ1v) is 5.82. The second-order valence-electron chi connectivity index (χ2n) is 3.68. The van der Waals surface area contributed by atoms with Crippen molar-refractivity contribution in [2.45, 2.75) is 13.5 Å². The van der Waals surface area contributed by atoms with Crippen LogP contribution < -0.4 is 0 Å². The Bertz CT molecular complexity index is 557. The lowest BCUT2D eigenvalue weighted by Gasteiger charge is -2.04. The number of aromatic carboxylic acids is 1. The fraction of sp³-hybridized carbons (Fsp3) is 0.182. The van der Waals surface area contributed by atoms with E-state index in [4.69, 9.17) is 5.11 Å². The van der Waals surface area contributed by atoms with E-state index in [2.05, 4.69) is 16.9 Å². The molecule has 17 heavy (non-hydrogen) atoms. The second kappa shape index (κ2) is 4.50. The van der Waals surface area contributed by atoms with Gasteiger partial charge in [-0.25, -0.2) is 9.48 Å². The standard InChI is InChI=1S/C11H11N3O2S/c1-7(2)6-14-10(8-4-3-5-17-8)9(11(15)16)12-13-14/h3-5H,1,6H2,2H3,(H,15,16). The molecule has 0 spiro atoms. The van der Waals surface area contributed by atoms with E-state index in [1.165, 1.54) is 11.3 Å². The molecule has 0 aliphatic rings. The van der Waals surface area contributed by atoms with E-state index in [0.717, 1.165) is 10.5 Å². The van der Waals surface area contributed by atoms with Crippen molar-refractivity contribution in [3.05, 3.63) is 35.4 Å². The van der Waals surface area contributed by atoms with Crippen molar-refractivity contribution in [2.24, 2.45) is 0 Å². The minimum absolute atomic E-state index is 0.0197. The van der Waals surface area contributed by atoms with Gasteiger partial charge in [0.25, 0.3) is 0 Å². The van der Waals surface area contributed by atoms with Crippen LogP contribution in [0.15, 0.2) is 29.7 Å². The number of allylic oxidation sites excluding steroid dienone is 1. The lowest BCUT2D eigenvalue weighted by atomic mass is 10.2. The summed E-state index contributed by atoms with van der Waals surface area (Å²) in [4.78, 5) is 11.9. The molecule has 2 heterocycles. The Labute approximate surface area is 102 Å². The number of thiophene rings is 1. The van der Waals surface area contributed by atoms with E-state index in [1.54, 1.807) is 4.68 Å². The average molecular weight is 249 g/mol. The van der Waals surface area contributed by atoms with Crippen molar-refractivity contribution in [3.8, 4) is 10.6 Å². The van der Waals surface area contributed by atoms with Crippen molar-refractivity contribution in [3.63, 3.8) is 0 Å². The van der Waals surface area contributed by atoms with Crippen molar-refractivity contribution < 1.29 is 9.90 Å². The van der Waals surface area contributed by atoms with Gasteiger partial charge in [0.1, 0.15) is 5.69 Å². The summed E-state index contributed by atoms with van der Waals surface area (Å²) in [5.41, 5.74) is 1.41. The van der Waals surface area contributed by atoms with E-state index >= 15 is 0 Å². The molecule has 0 unspecified atom stereocenters. The molecule has 5 nitrogen and oxygen atoms in total. The van der Waals surface area contributed by atoms with Crippen LogP contribution in [0.1, 0.15) is 17.4 Å². The topological polar surface area (TPSA) is 68.0 Å². The zero-order valence-electron chi connectivity index (χ0n) is 9.25. The lowest BCUT2D eigenvalue weighted by molar-refractivity contribution is 0.0691. The molecule has 0 bridgehead atoms. The van der Waals surface area contributed by atoms with Gasteiger partial charge in [-0.05, 0) is 18.4 Å². The average Bonchev–Trinajstić information content (AvgIpc) is 2.83. The number of rotatable bonds is 4. The molecular formula is C11H11N3O2S. The first kappa shape index (κ1) is 11.5. The summed E-state index contributed by atoms with van der Waals surface area (Å²) in [6.07, 6.45) is 0. The molecule has 2 aromatic rings. The van der Waals surface area contributed by atoms with E-state index in [0.29, 0.717) is 12.2 Å². The van der Waals surface area contributed by atoms with Gasteiger partial charge in [0.05, 0.1) is 11.4 Å². The summed E-state index contributed by atoms with van der Waals surface area (Å²) in [6.45, 7) is 6.12. The van der Waals surface area contributed by atoms with E-state index in [9.17, 15) is 4.79 Å². The molecule has 1 N–H and O–H groups in total. The number of carbonyl (C=O) groups is 1. The van der Waals surface area contributed by atoms with Crippen LogP contribution in [-0.4, -0.2) is 26.1 Å². The van der Waals surface area contributed by atoms with Crippen molar-refractivity contribution in [1.29, 1.82) is 0 Å². The van der Waals surface area contributed by atoms with Crippen LogP contribution >= 0.6 is 11.3 Å². The summed E-state index contributed by atoms with van der Waals surface area (Å²) < 4.78 is 1.57. The predicted molar refractivity (Wildman–Crippen MR) is 65.1 cm³/mol. The van der Waals surface area contributed by atoms with Crippen LogP contribution in [0.2, 0.25) is 0 Å². The second-order valence-corrected chi connectivity index (χ2v) is 4.63. The molecule has 0 saturated carbocycles. The highest BCUT2D eigenvalue weighted by molar-refractivity contribution is 7.13. The maximum atomic E-state index is 11.1. The monoisotopic (exact) mass is 249 g/mol. The van der Waals surface area contributed by atoms with Crippen molar-refractivity contribution in [2.75, 3.05) is 0 Å². The van der Waals surface area contributed by atoms with Crippen molar-refractivity contribution >= 4 is 17.3 Å². The Morgan fingerprint density at radius 1 is 1.65 bits per heavy atom. The Balaban J connectivity index is 2.55. The maximum absolute atomic E-state index is 11.1. The Morgan fingerprint density at radius 2 is 2.41 bits per heavy atom. The van der Waals surface area contributed by atoms with Crippen LogP contribution in [0.5, 0.6) is 0 Å². The Morgan fingerprint density at radius 3 is 2.94 bits per heavy atom. The normalized spacial score (nSPS) is 10.4. The minimum Gasteiger partial charge on any atom is -0.476 e. The highest BCUT2D eigenvalue weighted by Crippen LogP contribution is 2.27. The SMILES string of the molecule is C=C(C)Cn1nnc(C(=O)O)c1-c1cccs1. The first-order chi connectivity index (χ1) is 8.09. The summed E-state index contributed by atoms with van der Waals surface area (Å²) in [5, 5.41) is 18.5. The molecule has 2 rings (SSSR count). The minimum atomic E-state index is -1.07. The van der Waals surface area contributed by atoms with Gasteiger partial charge >= 0.3 is 5.97 Å². The fourth-order valence-corrected chi connectivity index (χ4v) is 2.26. The Kier molecular flexibility index (Phi) is 3.06. The largest absolute Gasteiger partial charge is 0.476 e. The van der Waals surface area contributed by atoms with E-state index < -0.39 is 5.97 Å². The molecule has 2 aromatic heterocycles. The first-order valence-electron chi connectivity index (χ1n) is 4.94. The molecular weight excluding hydrogens is 238 g/mol. The van der Waals surface area contributed by atoms with Crippen LogP contribution in [0.25, 0.3) is 10.6 Å². The molecule has 0 saturated heterocycles. The summed E-state index contributed by atoms with van der Waals surface area (Å²) >= 11 is 1.46. The zero-order chi connectivity index (χ0) is 12.4. The summed E-state index contributed by atoms with van der Waals surface area (Å²) in [6, 6.07) is 3.72. The van der Waals surface area contributed by atoms with Crippen LogP contribution in [-0.2, 0) is 6.54 Å². The van der Waals surface area contributed by atoms with Gasteiger partial charge in [-0.3, -0.25) is 0 Å². The maximum Gasteiger partial charge on any atom is 0.358 e. The quantitative estimate of drug-likeness (QED) is 0.844. The molecule has 0 aliphatic heterocycles. The third-order valence-corrected chi connectivity index (χ3v) is 2.99. The van der Waals surface area contributed by atoms with Crippen molar-refractivity contribution in [1.82, 2.24) is 15.0 Å². The number of hydrogen-bond donors (Lipinski definition) is 1. The number of nitrogens with zero attached hydrogens (tertiary/aromatic N) is 3. The van der Waals surface area contributed by atoms with Gasteiger partial charge in [0, 0.05) is 0 Å². The Hall–Kier alpha value is -1.95. The molecule has 0 atom stereocenters. The number of carboxylic acids is 1. The van der Waals surface area contributed by atoms with E-state index in [1.807, 2.05) is 24.4 Å². The van der Waals surface area contributed by atoms with Gasteiger partial charge in [0.15, 0.2) is 5.69 Å². The third kappa shape index (κ3) is 2.26. The van der Waals surface area contributed by atoms with E-state index in [-0.39, 0.29) is 5.69 Å². The fourth-order valence-electron chi connectivity index (χ4n) is 1.48. The molecule has 0 fully saturated rings. The highest BCUT2D eigenvalue weighted by Gasteiger charge is 2.20. The predicted octanol–water partition coefficient (Wildman–Crippen LogP) is 2.28. The molecule has 0 radical (unpaired) electrons. The molecule has 0 aliphatic carbocycles. The van der Waals surface area contributed by atoms with Gasteiger partial charge in [-0.1, -0.05) is 23.4 Å². The van der Waals surface area contributed by atoms with Gasteiger partial charge < -0.3 is 5.11 Å². The van der Waals surface area contributed by atoms with Crippen LogP contribution in [0.4, 0.5) is 0 Å². The molecule has 6 heteroatoms. The molecule has 88 valence electrons. The summed E-state index contributed by atoms with van der Waals surface area (Å²) in [7, 11) is 0. The number of aromatic nitrogens is 3. The van der Waals surface area contributed by atoms with Gasteiger partial charge in [0.2, 0.25) is 0 Å². The molecule has 0 aromatic carbocycles. The number of carboxylic acid groups (broad SMARTS) is 1.